The Labute approximate surface area is 124 Å². The lowest BCUT2D eigenvalue weighted by Gasteiger charge is -2.25. The number of amides is 1. The van der Waals surface area contributed by atoms with Crippen molar-refractivity contribution in [3.63, 3.8) is 0 Å². The minimum atomic E-state index is 0.204. The van der Waals surface area contributed by atoms with Gasteiger partial charge in [0.05, 0.1) is 6.10 Å². The van der Waals surface area contributed by atoms with Crippen molar-refractivity contribution >= 4 is 17.7 Å². The molecule has 0 bridgehead atoms. The van der Waals surface area contributed by atoms with Crippen molar-refractivity contribution in [2.24, 2.45) is 0 Å². The van der Waals surface area contributed by atoms with E-state index in [1.807, 2.05) is 23.3 Å². The molecule has 1 atom stereocenters. The van der Waals surface area contributed by atoms with Gasteiger partial charge in [-0.1, -0.05) is 0 Å². The number of hydrogen-bond donors (Lipinski definition) is 0. The molecule has 1 aromatic heterocycles. The Morgan fingerprint density at radius 1 is 1.50 bits per heavy atom. The van der Waals surface area contributed by atoms with Crippen LogP contribution in [-0.2, 0) is 16.1 Å². The molecule has 1 amide bonds. The van der Waals surface area contributed by atoms with E-state index in [4.69, 9.17) is 4.74 Å². The van der Waals surface area contributed by atoms with E-state index in [2.05, 4.69) is 4.98 Å². The highest BCUT2D eigenvalue weighted by Crippen LogP contribution is 2.16. The largest absolute Gasteiger partial charge is 0.376 e. The molecule has 0 spiro atoms. The Kier molecular flexibility index (Phi) is 6.33. The average Bonchev–Trinajstić information content (AvgIpc) is 2.98. The molecule has 1 fully saturated rings. The molecule has 20 heavy (non-hydrogen) atoms. The number of ether oxygens (including phenoxy) is 1. The van der Waals surface area contributed by atoms with E-state index in [1.54, 1.807) is 24.2 Å². The number of carbonyl (C=O) groups is 1. The third-order valence-corrected chi connectivity index (χ3v) is 4.06. The van der Waals surface area contributed by atoms with Crippen LogP contribution in [0, 0.1) is 0 Å². The van der Waals surface area contributed by atoms with Crippen molar-refractivity contribution in [1.82, 2.24) is 9.88 Å². The van der Waals surface area contributed by atoms with E-state index in [-0.39, 0.29) is 12.0 Å². The zero-order valence-electron chi connectivity index (χ0n) is 12.0. The highest BCUT2D eigenvalue weighted by Gasteiger charge is 2.22. The van der Waals surface area contributed by atoms with Crippen molar-refractivity contribution < 1.29 is 9.53 Å². The van der Waals surface area contributed by atoms with Crippen LogP contribution in [0.1, 0.15) is 24.8 Å². The number of pyridine rings is 1. The van der Waals surface area contributed by atoms with E-state index >= 15 is 0 Å². The van der Waals surface area contributed by atoms with E-state index in [0.717, 1.165) is 30.8 Å². The van der Waals surface area contributed by atoms with E-state index < -0.39 is 0 Å². The van der Waals surface area contributed by atoms with Crippen LogP contribution in [0.5, 0.6) is 0 Å². The monoisotopic (exact) mass is 294 g/mol. The maximum atomic E-state index is 12.3. The lowest BCUT2D eigenvalue weighted by Crippen LogP contribution is -2.37. The number of rotatable bonds is 7. The van der Waals surface area contributed by atoms with Gasteiger partial charge >= 0.3 is 0 Å². The Morgan fingerprint density at radius 2 is 2.30 bits per heavy atom. The van der Waals surface area contributed by atoms with Crippen LogP contribution >= 0.6 is 11.8 Å². The van der Waals surface area contributed by atoms with Gasteiger partial charge in [-0.3, -0.25) is 9.78 Å². The van der Waals surface area contributed by atoms with Crippen molar-refractivity contribution in [3.8, 4) is 0 Å². The molecule has 0 aliphatic carbocycles. The summed E-state index contributed by atoms with van der Waals surface area (Å²) in [7, 11) is 0. The van der Waals surface area contributed by atoms with E-state index in [1.165, 1.54) is 0 Å². The molecule has 2 heterocycles. The Morgan fingerprint density at radius 3 is 2.95 bits per heavy atom. The van der Waals surface area contributed by atoms with Gasteiger partial charge in [-0.05, 0) is 36.8 Å². The summed E-state index contributed by atoms with van der Waals surface area (Å²) in [5.41, 5.74) is 1.12. The molecule has 5 heteroatoms. The van der Waals surface area contributed by atoms with Crippen LogP contribution in [0.15, 0.2) is 24.5 Å². The molecule has 1 aliphatic heterocycles. The minimum absolute atomic E-state index is 0.204. The molecular weight excluding hydrogens is 272 g/mol. The Bertz CT molecular complexity index is 408. The van der Waals surface area contributed by atoms with Crippen LogP contribution in [0.25, 0.3) is 0 Å². The molecule has 4 nitrogen and oxygen atoms in total. The summed E-state index contributed by atoms with van der Waals surface area (Å²) in [5, 5.41) is 0. The number of thioether (sulfide) groups is 1. The van der Waals surface area contributed by atoms with Crippen molar-refractivity contribution in [2.45, 2.75) is 31.9 Å². The van der Waals surface area contributed by atoms with Gasteiger partial charge in [-0.2, -0.15) is 11.8 Å². The van der Waals surface area contributed by atoms with Crippen LogP contribution in [-0.4, -0.2) is 47.1 Å². The third-order valence-electron chi connectivity index (χ3n) is 3.44. The standard InChI is InChI=1S/C15H22N2O2S/c1-20-10-6-15(18)17(12-14-3-2-9-19-14)11-13-4-7-16-8-5-13/h4-5,7-8,14H,2-3,6,9-12H2,1H3. The molecule has 0 aromatic carbocycles. The van der Waals surface area contributed by atoms with Crippen molar-refractivity contribution in [3.05, 3.63) is 30.1 Å². The van der Waals surface area contributed by atoms with Gasteiger partial charge < -0.3 is 9.64 Å². The Balaban J connectivity index is 1.96. The summed E-state index contributed by atoms with van der Waals surface area (Å²) in [6.07, 6.45) is 8.53. The number of aromatic nitrogens is 1. The third kappa shape index (κ3) is 4.80. The predicted octanol–water partition coefficient (Wildman–Crippen LogP) is 2.34. The van der Waals surface area contributed by atoms with Gasteiger partial charge in [0, 0.05) is 44.3 Å². The van der Waals surface area contributed by atoms with Gasteiger partial charge in [0.25, 0.3) is 0 Å². The zero-order chi connectivity index (χ0) is 14.2. The Hall–Kier alpha value is -1.07. The molecule has 110 valence electrons. The lowest BCUT2D eigenvalue weighted by molar-refractivity contribution is -0.133. The zero-order valence-corrected chi connectivity index (χ0v) is 12.8. The summed E-state index contributed by atoms with van der Waals surface area (Å²) < 4.78 is 5.66. The molecule has 2 rings (SSSR count). The molecule has 1 saturated heterocycles. The number of carbonyl (C=O) groups excluding carboxylic acids is 1. The van der Waals surface area contributed by atoms with Crippen LogP contribution < -0.4 is 0 Å². The first-order valence-electron chi connectivity index (χ1n) is 7.07. The summed E-state index contributed by atoms with van der Waals surface area (Å²) in [6.45, 7) is 2.18. The second-order valence-electron chi connectivity index (χ2n) is 5.01. The topological polar surface area (TPSA) is 42.4 Å². The first-order valence-corrected chi connectivity index (χ1v) is 8.46. The fourth-order valence-electron chi connectivity index (χ4n) is 2.34. The summed E-state index contributed by atoms with van der Waals surface area (Å²) in [6, 6.07) is 3.93. The van der Waals surface area contributed by atoms with E-state index in [9.17, 15) is 4.79 Å². The highest BCUT2D eigenvalue weighted by atomic mass is 32.2. The van der Waals surface area contributed by atoms with Gasteiger partial charge in [0.1, 0.15) is 0 Å². The maximum Gasteiger partial charge on any atom is 0.223 e. The number of hydrogen-bond acceptors (Lipinski definition) is 4. The van der Waals surface area contributed by atoms with Crippen molar-refractivity contribution in [1.29, 1.82) is 0 Å². The summed E-state index contributed by atoms with van der Waals surface area (Å²) in [4.78, 5) is 18.3. The quantitative estimate of drug-likeness (QED) is 0.774. The second kappa shape index (κ2) is 8.27. The first-order chi connectivity index (χ1) is 9.79. The fraction of sp³-hybridized carbons (Fsp3) is 0.600. The SMILES string of the molecule is CSCCC(=O)N(Cc1ccncc1)CC1CCCO1. The average molecular weight is 294 g/mol. The van der Waals surface area contributed by atoms with Gasteiger partial charge in [0.2, 0.25) is 5.91 Å². The summed E-state index contributed by atoms with van der Waals surface area (Å²) in [5.74, 6) is 1.09. The smallest absolute Gasteiger partial charge is 0.223 e. The minimum Gasteiger partial charge on any atom is -0.376 e. The molecule has 1 aliphatic rings. The number of nitrogens with zero attached hydrogens (tertiary/aromatic N) is 2. The van der Waals surface area contributed by atoms with Crippen molar-refractivity contribution in [2.75, 3.05) is 25.2 Å². The van der Waals surface area contributed by atoms with Crippen LogP contribution in [0.3, 0.4) is 0 Å². The molecule has 1 unspecified atom stereocenters. The van der Waals surface area contributed by atoms with Gasteiger partial charge in [0.15, 0.2) is 0 Å². The maximum absolute atomic E-state index is 12.3. The second-order valence-corrected chi connectivity index (χ2v) is 5.99. The van der Waals surface area contributed by atoms with Gasteiger partial charge in [-0.15, -0.1) is 0 Å². The fourth-order valence-corrected chi connectivity index (χ4v) is 2.72. The molecule has 0 N–H and O–H groups in total. The summed E-state index contributed by atoms with van der Waals surface area (Å²) >= 11 is 1.71. The predicted molar refractivity (Wildman–Crippen MR) is 81.6 cm³/mol. The van der Waals surface area contributed by atoms with Gasteiger partial charge in [-0.25, -0.2) is 0 Å². The van der Waals surface area contributed by atoms with Crippen LogP contribution in [0.4, 0.5) is 0 Å². The molecule has 1 aromatic rings. The molecular formula is C15H22N2O2S. The normalized spacial score (nSPS) is 18.1. The van der Waals surface area contributed by atoms with E-state index in [0.29, 0.717) is 19.5 Å². The molecule has 0 saturated carbocycles. The first kappa shape index (κ1) is 15.3. The van der Waals surface area contributed by atoms with Crippen LogP contribution in [0.2, 0.25) is 0 Å². The molecule has 0 radical (unpaired) electrons. The lowest BCUT2D eigenvalue weighted by atomic mass is 10.2. The highest BCUT2D eigenvalue weighted by molar-refractivity contribution is 7.98.